The number of para-hydroxylation sites is 2. The second kappa shape index (κ2) is 12.2. The predicted molar refractivity (Wildman–Crippen MR) is 205 cm³/mol. The van der Waals surface area contributed by atoms with E-state index in [4.69, 9.17) is 0 Å². The van der Waals surface area contributed by atoms with Crippen molar-refractivity contribution in [2.45, 2.75) is 25.3 Å². The summed E-state index contributed by atoms with van der Waals surface area (Å²) in [4.78, 5) is 0. The fraction of sp³-hybridized carbons (Fsp3) is 0.109. The number of benzene rings is 4. The molecule has 5 nitrogen and oxygen atoms in total. The van der Waals surface area contributed by atoms with Crippen LogP contribution in [0.2, 0.25) is 0 Å². The zero-order valence-electron chi connectivity index (χ0n) is 27.8. The number of hydrogen-bond acceptors (Lipinski definition) is 3. The number of allylic oxidation sites excluding steroid dienone is 7. The predicted octanol–water partition coefficient (Wildman–Crippen LogP) is 10.7. The molecule has 0 spiro atoms. The van der Waals surface area contributed by atoms with Crippen LogP contribution in [-0.4, -0.2) is 9.13 Å². The van der Waals surface area contributed by atoms with Gasteiger partial charge in [0, 0.05) is 38.8 Å². The molecule has 240 valence electrons. The third kappa shape index (κ3) is 4.97. The lowest BCUT2D eigenvalue weighted by molar-refractivity contribution is 0.626. The first-order chi connectivity index (χ1) is 25.1. The Labute approximate surface area is 296 Å². The van der Waals surface area contributed by atoms with Crippen LogP contribution in [-0.2, 0) is 6.42 Å². The van der Waals surface area contributed by atoms with Crippen LogP contribution in [0, 0.1) is 39.9 Å². The molecule has 3 aliphatic rings. The van der Waals surface area contributed by atoms with E-state index in [9.17, 15) is 15.8 Å². The normalized spacial score (nSPS) is 17.3. The molecule has 6 aromatic rings. The summed E-state index contributed by atoms with van der Waals surface area (Å²) in [6.07, 6.45) is 21.9. The molecule has 0 amide bonds. The van der Waals surface area contributed by atoms with Crippen LogP contribution in [0.4, 0.5) is 0 Å². The molecule has 2 aromatic heterocycles. The van der Waals surface area contributed by atoms with Gasteiger partial charge in [-0.1, -0.05) is 78.9 Å². The Balaban J connectivity index is 1.19. The van der Waals surface area contributed by atoms with E-state index in [-0.39, 0.29) is 12.0 Å². The maximum absolute atomic E-state index is 10.3. The van der Waals surface area contributed by atoms with Gasteiger partial charge in [0.25, 0.3) is 0 Å². The van der Waals surface area contributed by atoms with E-state index >= 15 is 0 Å². The summed E-state index contributed by atoms with van der Waals surface area (Å²) in [5, 5.41) is 31.9. The van der Waals surface area contributed by atoms with Gasteiger partial charge in [-0.3, -0.25) is 0 Å². The molecule has 0 radical (unpaired) electrons. The van der Waals surface area contributed by atoms with E-state index in [1.165, 1.54) is 5.56 Å². The van der Waals surface area contributed by atoms with E-state index < -0.39 is 0 Å². The van der Waals surface area contributed by atoms with Crippen molar-refractivity contribution in [3.63, 3.8) is 0 Å². The minimum Gasteiger partial charge on any atom is -0.333 e. The maximum Gasteiger partial charge on any atom is 0.0992 e. The highest BCUT2D eigenvalue weighted by Crippen LogP contribution is 2.41. The van der Waals surface area contributed by atoms with Gasteiger partial charge < -0.3 is 9.13 Å². The highest BCUT2D eigenvalue weighted by molar-refractivity contribution is 5.96. The van der Waals surface area contributed by atoms with Gasteiger partial charge in [-0.05, 0) is 102 Å². The van der Waals surface area contributed by atoms with Gasteiger partial charge >= 0.3 is 0 Å². The molecule has 0 bridgehead atoms. The summed E-state index contributed by atoms with van der Waals surface area (Å²) in [5.74, 6) is -0.149. The Morgan fingerprint density at radius 2 is 1.49 bits per heavy atom. The van der Waals surface area contributed by atoms with E-state index in [1.807, 2.05) is 30.3 Å². The zero-order chi connectivity index (χ0) is 34.5. The monoisotopic (exact) mass is 653 g/mol. The van der Waals surface area contributed by atoms with E-state index in [1.54, 1.807) is 0 Å². The smallest absolute Gasteiger partial charge is 0.0992 e. The minimum absolute atomic E-state index is 0.0450. The first-order valence-electron chi connectivity index (χ1n) is 17.3. The molecule has 9 rings (SSSR count). The topological polar surface area (TPSA) is 81.2 Å². The lowest BCUT2D eigenvalue weighted by atomic mass is 9.91. The van der Waals surface area contributed by atoms with Crippen molar-refractivity contribution in [3.05, 3.63) is 161 Å². The fourth-order valence-electron chi connectivity index (χ4n) is 8.10. The molecule has 0 fully saturated rings. The highest BCUT2D eigenvalue weighted by atomic mass is 15.0. The molecule has 51 heavy (non-hydrogen) atoms. The molecule has 0 N–H and O–H groups in total. The van der Waals surface area contributed by atoms with E-state index in [0.29, 0.717) is 17.5 Å². The summed E-state index contributed by atoms with van der Waals surface area (Å²) in [7, 11) is 0. The van der Waals surface area contributed by atoms with Crippen molar-refractivity contribution in [2.24, 2.45) is 5.92 Å². The molecule has 4 aromatic carbocycles. The second-order valence-corrected chi connectivity index (χ2v) is 13.3. The number of fused-ring (bicyclic) bond motifs is 6. The molecule has 0 saturated heterocycles. The van der Waals surface area contributed by atoms with Gasteiger partial charge in [0.05, 0.1) is 52.5 Å². The van der Waals surface area contributed by atoms with E-state index in [0.717, 1.165) is 79.5 Å². The maximum atomic E-state index is 10.3. The lowest BCUT2D eigenvalue weighted by Gasteiger charge is -2.23. The van der Waals surface area contributed by atoms with Crippen LogP contribution in [0.5, 0.6) is 0 Å². The standard InChI is InChI=1S/C46H31N5/c47-27-30-17-19-45-40(23-30)38-12-2-1-3-14-43(38)50(45)36-10-8-9-33(26-36)34-21-32(29-49)22-35(25-34)37-11-4-6-15-42(37)51-44-16-7-5-13-39(44)41-24-31(28-48)18-20-46(41)51/h2-9,11-23,25-26,31,36H,1,10,24H2. The van der Waals surface area contributed by atoms with Crippen LogP contribution >= 0.6 is 0 Å². The third-order valence-corrected chi connectivity index (χ3v) is 10.4. The molecular weight excluding hydrogens is 623 g/mol. The largest absolute Gasteiger partial charge is 0.333 e. The number of nitrogens with zero attached hydrogens (tertiary/aromatic N) is 5. The highest BCUT2D eigenvalue weighted by Gasteiger charge is 2.25. The molecule has 2 atom stereocenters. The first kappa shape index (κ1) is 30.2. The van der Waals surface area contributed by atoms with Crippen molar-refractivity contribution in [2.75, 3.05) is 0 Å². The SMILES string of the molecule is N#Cc1cc(C2=CC(n3c4c(c5cc(C#N)ccc53)C=CCC=C4)CC=C2)cc(-c2ccccc2-n2c3c(c4ccccc42)CC(C#N)C=C3)c1. The Kier molecular flexibility index (Phi) is 7.24. The van der Waals surface area contributed by atoms with Crippen LogP contribution in [0.25, 0.3) is 62.4 Å². The van der Waals surface area contributed by atoms with Crippen molar-refractivity contribution < 1.29 is 0 Å². The van der Waals surface area contributed by atoms with Crippen LogP contribution in [0.15, 0.2) is 121 Å². The molecule has 0 saturated carbocycles. The first-order valence-corrected chi connectivity index (χ1v) is 17.3. The molecule has 3 aliphatic carbocycles. The Morgan fingerprint density at radius 1 is 0.667 bits per heavy atom. The minimum atomic E-state index is -0.149. The van der Waals surface area contributed by atoms with Gasteiger partial charge in [-0.2, -0.15) is 15.8 Å². The number of nitriles is 3. The molecule has 5 heteroatoms. The van der Waals surface area contributed by atoms with Gasteiger partial charge in [0.2, 0.25) is 0 Å². The zero-order valence-corrected chi connectivity index (χ0v) is 27.8. The van der Waals surface area contributed by atoms with E-state index in [2.05, 4.69) is 137 Å². The quantitative estimate of drug-likeness (QED) is 0.190. The number of hydrogen-bond donors (Lipinski definition) is 0. The number of rotatable bonds is 4. The van der Waals surface area contributed by atoms with Gasteiger partial charge in [0.15, 0.2) is 0 Å². The Hall–Kier alpha value is -6.87. The van der Waals surface area contributed by atoms with Crippen molar-refractivity contribution >= 4 is 45.6 Å². The Morgan fingerprint density at radius 3 is 2.37 bits per heavy atom. The van der Waals surface area contributed by atoms with Crippen molar-refractivity contribution in [1.29, 1.82) is 15.8 Å². The van der Waals surface area contributed by atoms with Crippen LogP contribution in [0.3, 0.4) is 0 Å². The van der Waals surface area contributed by atoms with Crippen molar-refractivity contribution in [1.82, 2.24) is 9.13 Å². The molecule has 2 unspecified atom stereocenters. The Bertz CT molecular complexity index is 2720. The molecule has 0 aliphatic heterocycles. The van der Waals surface area contributed by atoms with Crippen molar-refractivity contribution in [3.8, 4) is 35.0 Å². The van der Waals surface area contributed by atoms with Crippen LogP contribution in [0.1, 0.15) is 58.1 Å². The van der Waals surface area contributed by atoms with Crippen LogP contribution < -0.4 is 0 Å². The lowest BCUT2D eigenvalue weighted by Crippen LogP contribution is -2.10. The van der Waals surface area contributed by atoms with Gasteiger partial charge in [-0.25, -0.2) is 0 Å². The fourth-order valence-corrected chi connectivity index (χ4v) is 8.10. The number of aromatic nitrogens is 2. The summed E-state index contributed by atoms with van der Waals surface area (Å²) < 4.78 is 4.71. The second-order valence-electron chi connectivity index (χ2n) is 13.3. The summed E-state index contributed by atoms with van der Waals surface area (Å²) in [6, 6.07) is 36.2. The summed E-state index contributed by atoms with van der Waals surface area (Å²) in [5.41, 5.74) is 13.1. The summed E-state index contributed by atoms with van der Waals surface area (Å²) in [6.45, 7) is 0. The van der Waals surface area contributed by atoms with Gasteiger partial charge in [0.1, 0.15) is 0 Å². The molecular formula is C46H31N5. The summed E-state index contributed by atoms with van der Waals surface area (Å²) >= 11 is 0. The van der Waals surface area contributed by atoms with Gasteiger partial charge in [-0.15, -0.1) is 0 Å². The molecule has 2 heterocycles. The third-order valence-electron chi connectivity index (χ3n) is 10.4. The average Bonchev–Trinajstić information content (AvgIpc) is 3.56. The average molecular weight is 654 g/mol.